The molecule has 0 saturated carbocycles. The smallest absolute Gasteiger partial charge is 0.0656 e. The molecule has 4 heteroatoms. The first-order valence-electron chi connectivity index (χ1n) is 5.20. The molecule has 0 saturated heterocycles. The summed E-state index contributed by atoms with van der Waals surface area (Å²) in [4.78, 5) is 0. The first-order valence-corrected chi connectivity index (χ1v) is 6.80. The average Bonchev–Trinajstić information content (AvgIpc) is 2.22. The molecule has 0 fully saturated rings. The van der Waals surface area contributed by atoms with E-state index in [1.165, 1.54) is 0 Å². The van der Waals surface area contributed by atoms with Gasteiger partial charge < -0.3 is 11.1 Å². The maximum atomic E-state index is 6.00. The lowest BCUT2D eigenvalue weighted by molar-refractivity contribution is 0.752. The van der Waals surface area contributed by atoms with Crippen LogP contribution in [-0.2, 0) is 0 Å². The number of benzene rings is 1. The minimum absolute atomic E-state index is 0.209. The van der Waals surface area contributed by atoms with E-state index in [1.54, 1.807) is 0 Å². The molecule has 0 spiro atoms. The van der Waals surface area contributed by atoms with Crippen LogP contribution in [0.1, 0.15) is 19.4 Å². The fourth-order valence-electron chi connectivity index (χ4n) is 1.27. The summed E-state index contributed by atoms with van der Waals surface area (Å²) in [5.41, 5.74) is 8.55. The zero-order valence-electron chi connectivity index (χ0n) is 10.2. The molecule has 0 bridgehead atoms. The van der Waals surface area contributed by atoms with Crippen LogP contribution in [0.3, 0.4) is 0 Å². The lowest BCUT2D eigenvalue weighted by Gasteiger charge is -2.23. The third-order valence-corrected chi connectivity index (χ3v) is 4.18. The zero-order chi connectivity index (χ0) is 12.3. The van der Waals surface area contributed by atoms with Crippen LogP contribution in [0.5, 0.6) is 0 Å². The van der Waals surface area contributed by atoms with Crippen molar-refractivity contribution in [3.05, 3.63) is 22.7 Å². The molecule has 0 aliphatic heterocycles. The zero-order valence-corrected chi connectivity index (χ0v) is 11.8. The molecule has 1 aromatic rings. The van der Waals surface area contributed by atoms with Gasteiger partial charge in [0, 0.05) is 17.0 Å². The highest BCUT2D eigenvalue weighted by Crippen LogP contribution is 2.28. The molecule has 0 aromatic heterocycles. The van der Waals surface area contributed by atoms with Crippen LogP contribution >= 0.6 is 23.4 Å². The number of thioether (sulfide) groups is 1. The van der Waals surface area contributed by atoms with Gasteiger partial charge in [-0.2, -0.15) is 11.8 Å². The Hall–Kier alpha value is -0.540. The van der Waals surface area contributed by atoms with Crippen LogP contribution < -0.4 is 11.1 Å². The number of aryl methyl sites for hydroxylation is 1. The molecule has 1 rings (SSSR count). The van der Waals surface area contributed by atoms with E-state index in [2.05, 4.69) is 25.4 Å². The maximum Gasteiger partial charge on any atom is 0.0656 e. The Balaban J connectivity index is 2.79. The summed E-state index contributed by atoms with van der Waals surface area (Å²) in [7, 11) is 0. The van der Waals surface area contributed by atoms with E-state index in [4.69, 9.17) is 17.3 Å². The SMILES string of the molecule is CSC(C)(C)CNc1cc(Cl)c(N)cc1C. The lowest BCUT2D eigenvalue weighted by atomic mass is 10.1. The van der Waals surface area contributed by atoms with E-state index in [9.17, 15) is 0 Å². The molecular formula is C12H19ClN2S. The van der Waals surface area contributed by atoms with Gasteiger partial charge in [-0.25, -0.2) is 0 Å². The number of nitrogen functional groups attached to an aromatic ring is 1. The van der Waals surface area contributed by atoms with Crippen molar-refractivity contribution in [2.45, 2.75) is 25.5 Å². The van der Waals surface area contributed by atoms with E-state index in [0.29, 0.717) is 10.7 Å². The first kappa shape index (κ1) is 13.5. The molecule has 2 nitrogen and oxygen atoms in total. The number of nitrogens with one attached hydrogen (secondary N) is 1. The van der Waals surface area contributed by atoms with Crippen molar-refractivity contribution in [1.29, 1.82) is 0 Å². The minimum atomic E-state index is 0.209. The van der Waals surface area contributed by atoms with Crippen LogP contribution in [0.15, 0.2) is 12.1 Å². The predicted molar refractivity (Wildman–Crippen MR) is 76.7 cm³/mol. The van der Waals surface area contributed by atoms with Gasteiger partial charge in [-0.3, -0.25) is 0 Å². The van der Waals surface area contributed by atoms with Crippen molar-refractivity contribution in [2.24, 2.45) is 0 Å². The summed E-state index contributed by atoms with van der Waals surface area (Å²) >= 11 is 7.84. The number of hydrogen-bond acceptors (Lipinski definition) is 3. The van der Waals surface area contributed by atoms with Gasteiger partial charge in [0.2, 0.25) is 0 Å². The number of rotatable bonds is 4. The standard InChI is InChI=1S/C12H19ClN2S/c1-8-5-10(14)9(13)6-11(8)15-7-12(2,3)16-4/h5-6,15H,7,14H2,1-4H3. The monoisotopic (exact) mass is 258 g/mol. The van der Waals surface area contributed by atoms with E-state index in [0.717, 1.165) is 17.8 Å². The normalized spacial score (nSPS) is 11.6. The highest BCUT2D eigenvalue weighted by Gasteiger charge is 2.15. The molecule has 1 aromatic carbocycles. The Bertz CT molecular complexity index is 378. The molecule has 0 aliphatic carbocycles. The highest BCUT2D eigenvalue weighted by molar-refractivity contribution is 7.99. The van der Waals surface area contributed by atoms with Crippen LogP contribution in [-0.4, -0.2) is 17.5 Å². The van der Waals surface area contributed by atoms with E-state index >= 15 is 0 Å². The van der Waals surface area contributed by atoms with Gasteiger partial charge in [0.05, 0.1) is 10.7 Å². The van der Waals surface area contributed by atoms with Gasteiger partial charge in [-0.15, -0.1) is 0 Å². The number of hydrogen-bond donors (Lipinski definition) is 2. The average molecular weight is 259 g/mol. The molecule has 16 heavy (non-hydrogen) atoms. The minimum Gasteiger partial charge on any atom is -0.398 e. The molecule has 90 valence electrons. The lowest BCUT2D eigenvalue weighted by Crippen LogP contribution is -2.26. The summed E-state index contributed by atoms with van der Waals surface area (Å²) in [5, 5.41) is 4.02. The van der Waals surface area contributed by atoms with Crippen LogP contribution in [0.4, 0.5) is 11.4 Å². The Labute approximate surface area is 107 Å². The fraction of sp³-hybridized carbons (Fsp3) is 0.500. The van der Waals surface area contributed by atoms with Crippen molar-refractivity contribution in [1.82, 2.24) is 0 Å². The number of halogens is 1. The quantitative estimate of drug-likeness (QED) is 0.807. The Morgan fingerprint density at radius 3 is 2.62 bits per heavy atom. The van der Waals surface area contributed by atoms with Gasteiger partial charge in [-0.05, 0) is 44.7 Å². The number of nitrogens with two attached hydrogens (primary N) is 1. The van der Waals surface area contributed by atoms with E-state index in [1.807, 2.05) is 30.8 Å². The summed E-state index contributed by atoms with van der Waals surface area (Å²) in [6.07, 6.45) is 2.12. The molecule has 0 aliphatic rings. The third-order valence-electron chi connectivity index (χ3n) is 2.60. The van der Waals surface area contributed by atoms with Gasteiger partial charge in [0.15, 0.2) is 0 Å². The van der Waals surface area contributed by atoms with E-state index in [-0.39, 0.29) is 4.75 Å². The molecule has 3 N–H and O–H groups in total. The van der Waals surface area contributed by atoms with Crippen molar-refractivity contribution in [3.63, 3.8) is 0 Å². The topological polar surface area (TPSA) is 38.0 Å². The summed E-state index contributed by atoms with van der Waals surface area (Å²) < 4.78 is 0.209. The van der Waals surface area contributed by atoms with Gasteiger partial charge in [0.1, 0.15) is 0 Å². The Morgan fingerprint density at radius 2 is 2.06 bits per heavy atom. The molecule has 0 amide bonds. The second-order valence-corrected chi connectivity index (χ2v) is 6.43. The van der Waals surface area contributed by atoms with Gasteiger partial charge in [0.25, 0.3) is 0 Å². The van der Waals surface area contributed by atoms with Crippen LogP contribution in [0.2, 0.25) is 5.02 Å². The summed E-state index contributed by atoms with van der Waals surface area (Å²) in [6, 6.07) is 3.79. The molecule has 0 unspecified atom stereocenters. The second kappa shape index (κ2) is 5.19. The second-order valence-electron chi connectivity index (χ2n) is 4.51. The summed E-state index contributed by atoms with van der Waals surface area (Å²) in [5.74, 6) is 0. The van der Waals surface area contributed by atoms with E-state index < -0.39 is 0 Å². The van der Waals surface area contributed by atoms with Gasteiger partial charge in [-0.1, -0.05) is 11.6 Å². The number of anilines is 2. The molecular weight excluding hydrogens is 240 g/mol. The third kappa shape index (κ3) is 3.49. The maximum absolute atomic E-state index is 6.00. The van der Waals surface area contributed by atoms with Crippen molar-refractivity contribution < 1.29 is 0 Å². The van der Waals surface area contributed by atoms with Crippen LogP contribution in [0.25, 0.3) is 0 Å². The Kier molecular flexibility index (Phi) is 4.39. The first-order chi connectivity index (χ1) is 7.35. The molecule has 0 radical (unpaired) electrons. The van der Waals surface area contributed by atoms with Gasteiger partial charge >= 0.3 is 0 Å². The largest absolute Gasteiger partial charge is 0.398 e. The Morgan fingerprint density at radius 1 is 1.44 bits per heavy atom. The van der Waals surface area contributed by atoms with Crippen molar-refractivity contribution in [3.8, 4) is 0 Å². The predicted octanol–water partition coefficient (Wildman–Crippen LogP) is 3.78. The van der Waals surface area contributed by atoms with Crippen molar-refractivity contribution in [2.75, 3.05) is 23.9 Å². The van der Waals surface area contributed by atoms with Crippen LogP contribution in [0, 0.1) is 6.92 Å². The summed E-state index contributed by atoms with van der Waals surface area (Å²) in [6.45, 7) is 7.34. The molecule has 0 heterocycles. The van der Waals surface area contributed by atoms with Crippen molar-refractivity contribution >= 4 is 34.7 Å². The fourth-order valence-corrected chi connectivity index (χ4v) is 1.65. The molecule has 0 atom stereocenters. The highest BCUT2D eigenvalue weighted by atomic mass is 35.5.